The minimum Gasteiger partial charge on any atom is -0.496 e. The second-order valence-electron chi connectivity index (χ2n) is 4.65. The van der Waals surface area contributed by atoms with Gasteiger partial charge in [0.25, 0.3) is 5.91 Å². The van der Waals surface area contributed by atoms with Crippen LogP contribution in [0, 0.1) is 0 Å². The van der Waals surface area contributed by atoms with Crippen LogP contribution in [0.3, 0.4) is 0 Å². The number of benzene rings is 2. The van der Waals surface area contributed by atoms with Crippen LogP contribution in [0.25, 0.3) is 0 Å². The van der Waals surface area contributed by atoms with Crippen LogP contribution in [0.15, 0.2) is 48.5 Å². The van der Waals surface area contributed by atoms with Gasteiger partial charge in [-0.1, -0.05) is 29.8 Å². The van der Waals surface area contributed by atoms with Crippen LogP contribution in [-0.4, -0.2) is 26.2 Å². The number of hydrogen-bond acceptors (Lipinski definition) is 3. The topological polar surface area (TPSA) is 47.6 Å². The van der Waals surface area contributed by atoms with E-state index in [-0.39, 0.29) is 12.5 Å². The highest BCUT2D eigenvalue weighted by Crippen LogP contribution is 2.17. The van der Waals surface area contributed by atoms with E-state index in [0.717, 1.165) is 11.3 Å². The number of nitrogens with one attached hydrogen (secondary N) is 1. The quantitative estimate of drug-likeness (QED) is 0.853. The molecule has 2 aromatic carbocycles. The van der Waals surface area contributed by atoms with Crippen molar-refractivity contribution in [3.63, 3.8) is 0 Å². The first-order valence-electron chi connectivity index (χ1n) is 6.96. The SMILES string of the molecule is COc1ccccc1CCNC(=O)COc1ccc(Cl)cc1. The van der Waals surface area contributed by atoms with Crippen molar-refractivity contribution in [3.8, 4) is 11.5 Å². The second kappa shape index (κ2) is 8.29. The van der Waals surface area contributed by atoms with E-state index in [9.17, 15) is 4.79 Å². The van der Waals surface area contributed by atoms with Crippen molar-refractivity contribution < 1.29 is 14.3 Å². The molecule has 4 nitrogen and oxygen atoms in total. The Balaban J connectivity index is 1.72. The lowest BCUT2D eigenvalue weighted by Gasteiger charge is -2.10. The van der Waals surface area contributed by atoms with Gasteiger partial charge in [-0.25, -0.2) is 0 Å². The number of ether oxygens (including phenoxy) is 2. The van der Waals surface area contributed by atoms with Gasteiger partial charge in [0.2, 0.25) is 0 Å². The Morgan fingerprint density at radius 2 is 1.86 bits per heavy atom. The van der Waals surface area contributed by atoms with E-state index in [2.05, 4.69) is 5.32 Å². The summed E-state index contributed by atoms with van der Waals surface area (Å²) in [5, 5.41) is 3.45. The van der Waals surface area contributed by atoms with Gasteiger partial charge < -0.3 is 14.8 Å². The molecule has 1 N–H and O–H groups in total. The molecule has 0 saturated carbocycles. The standard InChI is InChI=1S/C17H18ClNO3/c1-21-16-5-3-2-4-13(16)10-11-19-17(20)12-22-15-8-6-14(18)7-9-15/h2-9H,10-12H2,1H3,(H,19,20). The first-order chi connectivity index (χ1) is 10.7. The molecule has 0 fully saturated rings. The van der Waals surface area contributed by atoms with Crippen molar-refractivity contribution in [2.45, 2.75) is 6.42 Å². The zero-order valence-electron chi connectivity index (χ0n) is 12.3. The number of amides is 1. The third kappa shape index (κ3) is 4.97. The summed E-state index contributed by atoms with van der Waals surface area (Å²) in [5.41, 5.74) is 1.06. The molecule has 0 aliphatic heterocycles. The molecule has 0 spiro atoms. The summed E-state index contributed by atoms with van der Waals surface area (Å²) >= 11 is 5.78. The number of para-hydroxylation sites is 1. The number of carbonyl (C=O) groups is 1. The Morgan fingerprint density at radius 1 is 1.14 bits per heavy atom. The Bertz CT molecular complexity index is 614. The predicted octanol–water partition coefficient (Wildman–Crippen LogP) is 3.09. The van der Waals surface area contributed by atoms with E-state index >= 15 is 0 Å². The summed E-state index contributed by atoms with van der Waals surface area (Å²) in [7, 11) is 1.64. The van der Waals surface area contributed by atoms with Crippen LogP contribution in [0.4, 0.5) is 0 Å². The van der Waals surface area contributed by atoms with Gasteiger partial charge in [-0.2, -0.15) is 0 Å². The second-order valence-corrected chi connectivity index (χ2v) is 5.09. The molecule has 5 heteroatoms. The molecule has 22 heavy (non-hydrogen) atoms. The summed E-state index contributed by atoms with van der Waals surface area (Å²) in [4.78, 5) is 11.7. The number of methoxy groups -OCH3 is 1. The first-order valence-corrected chi connectivity index (χ1v) is 7.34. The van der Waals surface area contributed by atoms with E-state index in [4.69, 9.17) is 21.1 Å². The van der Waals surface area contributed by atoms with Gasteiger partial charge in [-0.05, 0) is 42.3 Å². The van der Waals surface area contributed by atoms with Gasteiger partial charge >= 0.3 is 0 Å². The van der Waals surface area contributed by atoms with Crippen molar-refractivity contribution in [1.82, 2.24) is 5.32 Å². The van der Waals surface area contributed by atoms with Crippen molar-refractivity contribution in [2.24, 2.45) is 0 Å². The maximum atomic E-state index is 11.7. The van der Waals surface area contributed by atoms with Crippen molar-refractivity contribution in [1.29, 1.82) is 0 Å². The van der Waals surface area contributed by atoms with Gasteiger partial charge in [0, 0.05) is 11.6 Å². The summed E-state index contributed by atoms with van der Waals surface area (Å²) in [6, 6.07) is 14.6. The normalized spacial score (nSPS) is 10.1. The zero-order chi connectivity index (χ0) is 15.8. The summed E-state index contributed by atoms with van der Waals surface area (Å²) in [5.74, 6) is 1.28. The maximum Gasteiger partial charge on any atom is 0.257 e. The third-order valence-corrected chi connectivity index (χ3v) is 3.34. The fourth-order valence-electron chi connectivity index (χ4n) is 1.98. The molecular weight excluding hydrogens is 302 g/mol. The summed E-state index contributed by atoms with van der Waals surface area (Å²) < 4.78 is 10.6. The lowest BCUT2D eigenvalue weighted by molar-refractivity contribution is -0.123. The van der Waals surface area contributed by atoms with E-state index < -0.39 is 0 Å². The van der Waals surface area contributed by atoms with Crippen LogP contribution in [0.1, 0.15) is 5.56 Å². The number of carbonyl (C=O) groups excluding carboxylic acids is 1. The molecule has 0 aliphatic rings. The van der Waals surface area contributed by atoms with Crippen LogP contribution >= 0.6 is 11.6 Å². The smallest absolute Gasteiger partial charge is 0.257 e. The van der Waals surface area contributed by atoms with Gasteiger partial charge in [0.1, 0.15) is 11.5 Å². The average Bonchev–Trinajstić information content (AvgIpc) is 2.55. The van der Waals surface area contributed by atoms with E-state index in [0.29, 0.717) is 23.7 Å². The molecule has 0 heterocycles. The molecule has 0 saturated heterocycles. The Labute approximate surface area is 135 Å². The molecule has 1 amide bonds. The molecular formula is C17H18ClNO3. The highest BCUT2D eigenvalue weighted by atomic mass is 35.5. The van der Waals surface area contributed by atoms with E-state index in [1.165, 1.54) is 0 Å². The Hall–Kier alpha value is -2.20. The molecule has 0 unspecified atom stereocenters. The van der Waals surface area contributed by atoms with Crippen molar-refractivity contribution in [3.05, 3.63) is 59.1 Å². The maximum absolute atomic E-state index is 11.7. The zero-order valence-corrected chi connectivity index (χ0v) is 13.1. The van der Waals surface area contributed by atoms with Crippen LogP contribution in [-0.2, 0) is 11.2 Å². The highest BCUT2D eigenvalue weighted by molar-refractivity contribution is 6.30. The van der Waals surface area contributed by atoms with Gasteiger partial charge in [0.15, 0.2) is 6.61 Å². The Kier molecular flexibility index (Phi) is 6.10. The highest BCUT2D eigenvalue weighted by Gasteiger charge is 2.05. The van der Waals surface area contributed by atoms with Crippen LogP contribution < -0.4 is 14.8 Å². The Morgan fingerprint density at radius 3 is 2.59 bits per heavy atom. The molecule has 2 rings (SSSR count). The largest absolute Gasteiger partial charge is 0.496 e. The molecule has 0 radical (unpaired) electrons. The first kappa shape index (κ1) is 16.2. The molecule has 0 aliphatic carbocycles. The summed E-state index contributed by atoms with van der Waals surface area (Å²) in [6.45, 7) is 0.511. The monoisotopic (exact) mass is 319 g/mol. The molecule has 116 valence electrons. The number of hydrogen-bond donors (Lipinski definition) is 1. The molecule has 2 aromatic rings. The van der Waals surface area contributed by atoms with Gasteiger partial charge in [0.05, 0.1) is 7.11 Å². The van der Waals surface area contributed by atoms with Crippen molar-refractivity contribution >= 4 is 17.5 Å². The fraction of sp³-hybridized carbons (Fsp3) is 0.235. The molecule has 0 atom stereocenters. The van der Waals surface area contributed by atoms with E-state index in [1.54, 1.807) is 31.4 Å². The lowest BCUT2D eigenvalue weighted by Crippen LogP contribution is -2.30. The number of rotatable bonds is 7. The van der Waals surface area contributed by atoms with Crippen LogP contribution in [0.2, 0.25) is 5.02 Å². The summed E-state index contributed by atoms with van der Waals surface area (Å²) in [6.07, 6.45) is 0.705. The van der Waals surface area contributed by atoms with Crippen LogP contribution in [0.5, 0.6) is 11.5 Å². The minimum atomic E-state index is -0.162. The van der Waals surface area contributed by atoms with E-state index in [1.807, 2.05) is 24.3 Å². The average molecular weight is 320 g/mol. The van der Waals surface area contributed by atoms with Gasteiger partial charge in [-0.3, -0.25) is 4.79 Å². The molecule has 0 aromatic heterocycles. The third-order valence-electron chi connectivity index (χ3n) is 3.09. The lowest BCUT2D eigenvalue weighted by atomic mass is 10.1. The van der Waals surface area contributed by atoms with Crippen molar-refractivity contribution in [2.75, 3.05) is 20.3 Å². The number of halogens is 1. The fourth-order valence-corrected chi connectivity index (χ4v) is 2.10. The van der Waals surface area contributed by atoms with Gasteiger partial charge in [-0.15, -0.1) is 0 Å². The minimum absolute atomic E-state index is 0.0203. The molecule has 0 bridgehead atoms. The predicted molar refractivity (Wildman–Crippen MR) is 86.7 cm³/mol.